The fourth-order valence-corrected chi connectivity index (χ4v) is 2.69. The summed E-state index contributed by atoms with van der Waals surface area (Å²) in [5.74, 6) is -0.443. The van der Waals surface area contributed by atoms with Crippen LogP contribution in [0.2, 0.25) is 5.02 Å². The molecule has 2 aromatic rings. The Hall–Kier alpha value is -2.05. The molecule has 0 aliphatic heterocycles. The summed E-state index contributed by atoms with van der Waals surface area (Å²) in [6, 6.07) is 12.1. The molecule has 2 N–H and O–H groups in total. The predicted octanol–water partition coefficient (Wildman–Crippen LogP) is 3.64. The average molecular weight is 412 g/mol. The summed E-state index contributed by atoms with van der Waals surface area (Å²) in [5.41, 5.74) is 5.98. The maximum atomic E-state index is 12.0. The zero-order valence-corrected chi connectivity index (χ0v) is 15.4. The third-order valence-electron chi connectivity index (χ3n) is 3.18. The molecule has 0 heterocycles. The van der Waals surface area contributed by atoms with Crippen LogP contribution in [0.3, 0.4) is 0 Å². The maximum absolute atomic E-state index is 12.0. The van der Waals surface area contributed by atoms with Crippen LogP contribution in [0.4, 0.5) is 0 Å². The highest BCUT2D eigenvalue weighted by atomic mass is 79.9. The van der Waals surface area contributed by atoms with Crippen molar-refractivity contribution in [2.45, 2.75) is 20.0 Å². The van der Waals surface area contributed by atoms with Crippen molar-refractivity contribution >= 4 is 39.3 Å². The first-order valence-corrected chi connectivity index (χ1v) is 8.33. The molecule has 0 radical (unpaired) electrons. The number of amides is 2. The maximum Gasteiger partial charge on any atom is 0.279 e. The van der Waals surface area contributed by atoms with Crippen LogP contribution in [0.25, 0.3) is 0 Å². The lowest BCUT2D eigenvalue weighted by molar-refractivity contribution is -0.128. The number of hydrazine groups is 1. The number of halogens is 2. The highest BCUT2D eigenvalue weighted by Gasteiger charge is 2.17. The molecule has 7 heteroatoms. The van der Waals surface area contributed by atoms with Crippen LogP contribution >= 0.6 is 27.5 Å². The van der Waals surface area contributed by atoms with E-state index in [2.05, 4.69) is 26.8 Å². The molecule has 0 aromatic heterocycles. The molecule has 126 valence electrons. The number of hydrogen-bond donors (Lipinski definition) is 2. The van der Waals surface area contributed by atoms with E-state index < -0.39 is 17.9 Å². The van der Waals surface area contributed by atoms with Crippen LogP contribution in [0.15, 0.2) is 46.9 Å². The Morgan fingerprint density at radius 2 is 1.88 bits per heavy atom. The van der Waals surface area contributed by atoms with E-state index in [4.69, 9.17) is 16.3 Å². The summed E-state index contributed by atoms with van der Waals surface area (Å²) < 4.78 is 6.34. The first-order valence-electron chi connectivity index (χ1n) is 7.16. The van der Waals surface area contributed by atoms with Gasteiger partial charge in [-0.05, 0) is 59.6 Å². The number of nitrogens with one attached hydrogen (secondary N) is 2. The second kappa shape index (κ2) is 8.17. The van der Waals surface area contributed by atoms with Crippen LogP contribution < -0.4 is 15.6 Å². The van der Waals surface area contributed by atoms with Gasteiger partial charge in [-0.25, -0.2) is 0 Å². The van der Waals surface area contributed by atoms with E-state index in [0.717, 1.165) is 10.0 Å². The Bertz CT molecular complexity index is 767. The molecule has 0 fully saturated rings. The van der Waals surface area contributed by atoms with E-state index in [1.807, 2.05) is 19.1 Å². The van der Waals surface area contributed by atoms with Gasteiger partial charge < -0.3 is 4.74 Å². The molecule has 1 unspecified atom stereocenters. The number of ether oxygens (including phenoxy) is 1. The lowest BCUT2D eigenvalue weighted by atomic mass is 10.2. The molecule has 0 bridgehead atoms. The number of aryl methyl sites for hydroxylation is 1. The molecule has 0 saturated carbocycles. The molecular formula is C17H16BrClN2O3. The standard InChI is InChI=1S/C17H16BrClN2O3/c1-10-7-8-15(13(18)9-10)24-11(2)16(22)20-21-17(23)12-5-3-4-6-14(12)19/h3-9,11H,1-2H3,(H,20,22)(H,21,23). The first kappa shape index (κ1) is 18.3. The number of hydrogen-bond acceptors (Lipinski definition) is 3. The van der Waals surface area contributed by atoms with Crippen molar-refractivity contribution in [1.29, 1.82) is 0 Å². The van der Waals surface area contributed by atoms with Crippen LogP contribution in [0.5, 0.6) is 5.75 Å². The zero-order chi connectivity index (χ0) is 17.7. The normalized spacial score (nSPS) is 11.5. The van der Waals surface area contributed by atoms with Gasteiger partial charge in [0, 0.05) is 0 Å². The lowest BCUT2D eigenvalue weighted by Crippen LogP contribution is -2.47. The van der Waals surface area contributed by atoms with Gasteiger partial charge in [0.15, 0.2) is 6.10 Å². The van der Waals surface area contributed by atoms with Crippen molar-refractivity contribution in [3.05, 3.63) is 63.1 Å². The topological polar surface area (TPSA) is 67.4 Å². The molecule has 24 heavy (non-hydrogen) atoms. The number of rotatable bonds is 4. The summed E-state index contributed by atoms with van der Waals surface area (Å²) in [5, 5.41) is 0.303. The van der Waals surface area contributed by atoms with E-state index in [-0.39, 0.29) is 5.56 Å². The van der Waals surface area contributed by atoms with Crippen LogP contribution in [0.1, 0.15) is 22.8 Å². The van der Waals surface area contributed by atoms with Crippen molar-refractivity contribution in [1.82, 2.24) is 10.9 Å². The molecule has 2 aromatic carbocycles. The monoisotopic (exact) mass is 410 g/mol. The fourth-order valence-electron chi connectivity index (χ4n) is 1.88. The number of carbonyl (C=O) groups excluding carboxylic acids is 2. The summed E-state index contributed by atoms with van der Waals surface area (Å²) in [4.78, 5) is 24.0. The van der Waals surface area contributed by atoms with E-state index in [0.29, 0.717) is 10.8 Å². The van der Waals surface area contributed by atoms with Gasteiger partial charge >= 0.3 is 0 Å². The fraction of sp³-hybridized carbons (Fsp3) is 0.176. The van der Waals surface area contributed by atoms with Gasteiger partial charge in [0.2, 0.25) is 0 Å². The molecule has 0 aliphatic rings. The summed E-state index contributed by atoms with van der Waals surface area (Å²) in [7, 11) is 0. The SMILES string of the molecule is Cc1ccc(OC(C)C(=O)NNC(=O)c2ccccc2Cl)c(Br)c1. The van der Waals surface area contributed by atoms with E-state index in [1.54, 1.807) is 37.3 Å². The minimum atomic E-state index is -0.796. The van der Waals surface area contributed by atoms with Crippen molar-refractivity contribution in [2.75, 3.05) is 0 Å². The molecule has 0 aliphatic carbocycles. The lowest BCUT2D eigenvalue weighted by Gasteiger charge is -2.16. The van der Waals surface area contributed by atoms with Crippen LogP contribution in [0, 0.1) is 6.92 Å². The zero-order valence-electron chi connectivity index (χ0n) is 13.1. The van der Waals surface area contributed by atoms with Gasteiger partial charge in [-0.3, -0.25) is 20.4 Å². The quantitative estimate of drug-likeness (QED) is 0.755. The third-order valence-corrected chi connectivity index (χ3v) is 4.13. The molecular weight excluding hydrogens is 396 g/mol. The van der Waals surface area contributed by atoms with Crippen LogP contribution in [-0.4, -0.2) is 17.9 Å². The van der Waals surface area contributed by atoms with Crippen molar-refractivity contribution in [2.24, 2.45) is 0 Å². The molecule has 1 atom stereocenters. The smallest absolute Gasteiger partial charge is 0.279 e. The third kappa shape index (κ3) is 4.72. The predicted molar refractivity (Wildman–Crippen MR) is 96.0 cm³/mol. The Balaban J connectivity index is 1.92. The summed E-state index contributed by atoms with van der Waals surface area (Å²) in [6.07, 6.45) is -0.796. The Labute approximate surface area is 153 Å². The Morgan fingerprint density at radius 1 is 1.17 bits per heavy atom. The van der Waals surface area contributed by atoms with Gasteiger partial charge in [0.1, 0.15) is 5.75 Å². The van der Waals surface area contributed by atoms with Gasteiger partial charge in [0.05, 0.1) is 15.1 Å². The van der Waals surface area contributed by atoms with E-state index in [9.17, 15) is 9.59 Å². The second-order valence-electron chi connectivity index (χ2n) is 5.12. The molecule has 0 saturated heterocycles. The highest BCUT2D eigenvalue weighted by molar-refractivity contribution is 9.10. The molecule has 2 amide bonds. The Kier molecular flexibility index (Phi) is 6.23. The molecule has 5 nitrogen and oxygen atoms in total. The molecule has 2 rings (SSSR count). The highest BCUT2D eigenvalue weighted by Crippen LogP contribution is 2.26. The van der Waals surface area contributed by atoms with Gasteiger partial charge in [-0.1, -0.05) is 29.8 Å². The van der Waals surface area contributed by atoms with Gasteiger partial charge in [-0.15, -0.1) is 0 Å². The average Bonchev–Trinajstić information content (AvgIpc) is 2.55. The largest absolute Gasteiger partial charge is 0.480 e. The minimum absolute atomic E-state index is 0.273. The minimum Gasteiger partial charge on any atom is -0.480 e. The van der Waals surface area contributed by atoms with E-state index >= 15 is 0 Å². The second-order valence-corrected chi connectivity index (χ2v) is 6.38. The number of carbonyl (C=O) groups is 2. The summed E-state index contributed by atoms with van der Waals surface area (Å²) in [6.45, 7) is 3.54. The van der Waals surface area contributed by atoms with Crippen molar-refractivity contribution in [3.8, 4) is 5.75 Å². The van der Waals surface area contributed by atoms with Crippen molar-refractivity contribution < 1.29 is 14.3 Å². The number of benzene rings is 2. The van der Waals surface area contributed by atoms with Gasteiger partial charge in [-0.2, -0.15) is 0 Å². The van der Waals surface area contributed by atoms with E-state index in [1.165, 1.54) is 0 Å². The Morgan fingerprint density at radius 3 is 2.54 bits per heavy atom. The first-order chi connectivity index (χ1) is 11.4. The molecule has 0 spiro atoms. The summed E-state index contributed by atoms with van der Waals surface area (Å²) >= 11 is 9.32. The van der Waals surface area contributed by atoms with Gasteiger partial charge in [0.25, 0.3) is 11.8 Å². The van der Waals surface area contributed by atoms with Crippen molar-refractivity contribution in [3.63, 3.8) is 0 Å². The van der Waals surface area contributed by atoms with Crippen LogP contribution in [-0.2, 0) is 4.79 Å².